The van der Waals surface area contributed by atoms with Gasteiger partial charge in [-0.2, -0.15) is 0 Å². The topological polar surface area (TPSA) is 59.4 Å². The summed E-state index contributed by atoms with van der Waals surface area (Å²) in [7, 11) is 0. The Morgan fingerprint density at radius 2 is 1.00 bits per heavy atom. The Morgan fingerprint density at radius 3 is 1.74 bits per heavy atom. The Hall–Kier alpha value is -8.15. The van der Waals surface area contributed by atoms with E-state index in [2.05, 4.69) is 187 Å². The molecule has 3 aliphatic rings. The molecule has 5 heteroatoms. The van der Waals surface area contributed by atoms with Crippen LogP contribution < -0.4 is 10.1 Å². The van der Waals surface area contributed by atoms with E-state index in [0.29, 0.717) is 5.82 Å². The van der Waals surface area contributed by atoms with Crippen LogP contribution in [0.15, 0.2) is 223 Å². The number of rotatable bonds is 6. The minimum Gasteiger partial charge on any atom is -0.457 e. The van der Waals surface area contributed by atoms with Crippen molar-refractivity contribution < 1.29 is 4.74 Å². The number of amidine groups is 1. The number of aliphatic imine (C=N–C) groups is 1. The van der Waals surface area contributed by atoms with Gasteiger partial charge >= 0.3 is 0 Å². The molecule has 2 unspecified atom stereocenters. The summed E-state index contributed by atoms with van der Waals surface area (Å²) in [5, 5.41) is 3.64. The maximum Gasteiger partial charge on any atom is 0.160 e. The molecule has 1 spiro atoms. The molecular weight excluding hydrogens is 757 g/mol. The molecule has 3 heterocycles. The first-order valence-corrected chi connectivity index (χ1v) is 21.0. The second kappa shape index (κ2) is 14.5. The summed E-state index contributed by atoms with van der Waals surface area (Å²) in [6, 6.07) is 74.2. The van der Waals surface area contributed by atoms with Crippen LogP contribution in [-0.2, 0) is 5.41 Å². The maximum atomic E-state index is 6.99. The van der Waals surface area contributed by atoms with E-state index in [0.717, 1.165) is 78.9 Å². The number of benzene rings is 8. The third kappa shape index (κ3) is 5.81. The molecule has 0 amide bonds. The van der Waals surface area contributed by atoms with Crippen LogP contribution in [0.3, 0.4) is 0 Å². The van der Waals surface area contributed by atoms with Crippen molar-refractivity contribution in [2.24, 2.45) is 4.99 Å². The van der Waals surface area contributed by atoms with Crippen molar-refractivity contribution in [2.75, 3.05) is 0 Å². The Kier molecular flexibility index (Phi) is 8.39. The lowest BCUT2D eigenvalue weighted by Crippen LogP contribution is -2.32. The van der Waals surface area contributed by atoms with Crippen molar-refractivity contribution in [2.45, 2.75) is 11.5 Å². The molecular formula is C57H38N4O. The number of fused-ring (bicyclic) bond motifs is 9. The predicted octanol–water partition coefficient (Wildman–Crippen LogP) is 13.1. The molecule has 0 bridgehead atoms. The molecule has 0 saturated carbocycles. The van der Waals surface area contributed by atoms with Gasteiger partial charge in [0.05, 0.1) is 22.8 Å². The maximum absolute atomic E-state index is 6.99. The van der Waals surface area contributed by atoms with Gasteiger partial charge in [0.2, 0.25) is 0 Å². The fraction of sp³-hybridized carbons (Fsp3) is 0.0351. The average Bonchev–Trinajstić information content (AvgIpc) is 3.64. The number of nitrogens with one attached hydrogen (secondary N) is 1. The van der Waals surface area contributed by atoms with Crippen molar-refractivity contribution in [3.8, 4) is 56.5 Å². The first-order chi connectivity index (χ1) is 30.7. The highest BCUT2D eigenvalue weighted by atomic mass is 16.5. The minimum absolute atomic E-state index is 0.256. The van der Waals surface area contributed by atoms with Gasteiger partial charge in [-0.25, -0.2) is 9.97 Å². The van der Waals surface area contributed by atoms with Crippen LogP contribution in [0.5, 0.6) is 11.5 Å². The van der Waals surface area contributed by atoms with Gasteiger partial charge < -0.3 is 10.1 Å². The van der Waals surface area contributed by atoms with Crippen LogP contribution in [0.4, 0.5) is 0 Å². The fourth-order valence-electron chi connectivity index (χ4n) is 9.57. The molecule has 292 valence electrons. The molecule has 5 nitrogen and oxygen atoms in total. The van der Waals surface area contributed by atoms with E-state index in [4.69, 9.17) is 19.7 Å². The molecule has 1 N–H and O–H groups in total. The summed E-state index contributed by atoms with van der Waals surface area (Å²) in [6.45, 7) is 0. The van der Waals surface area contributed by atoms with Crippen LogP contribution in [0.2, 0.25) is 0 Å². The van der Waals surface area contributed by atoms with Gasteiger partial charge in [-0.15, -0.1) is 0 Å². The van der Waals surface area contributed by atoms with E-state index in [1.807, 2.05) is 36.4 Å². The zero-order valence-electron chi connectivity index (χ0n) is 33.6. The minimum atomic E-state index is -0.667. The van der Waals surface area contributed by atoms with Crippen molar-refractivity contribution in [3.63, 3.8) is 0 Å². The first-order valence-electron chi connectivity index (χ1n) is 21.0. The van der Waals surface area contributed by atoms with Crippen LogP contribution in [0.1, 0.15) is 45.0 Å². The molecule has 2 aliphatic heterocycles. The molecule has 9 aromatic rings. The molecule has 1 aromatic heterocycles. The normalized spacial score (nSPS) is 16.7. The van der Waals surface area contributed by atoms with E-state index in [9.17, 15) is 0 Å². The zero-order valence-corrected chi connectivity index (χ0v) is 33.6. The van der Waals surface area contributed by atoms with Crippen LogP contribution in [-0.4, -0.2) is 15.8 Å². The number of hydrogen-bond acceptors (Lipinski definition) is 5. The predicted molar refractivity (Wildman–Crippen MR) is 249 cm³/mol. The Morgan fingerprint density at radius 1 is 0.419 bits per heavy atom. The second-order valence-electron chi connectivity index (χ2n) is 16.0. The fourth-order valence-corrected chi connectivity index (χ4v) is 9.57. The third-order valence-corrected chi connectivity index (χ3v) is 12.4. The highest BCUT2D eigenvalue weighted by Gasteiger charge is 2.51. The smallest absolute Gasteiger partial charge is 0.160 e. The number of hydrogen-bond donors (Lipinski definition) is 1. The average molecular weight is 795 g/mol. The summed E-state index contributed by atoms with van der Waals surface area (Å²) in [4.78, 5) is 15.7. The molecule has 0 fully saturated rings. The Balaban J connectivity index is 1.05. The lowest BCUT2D eigenvalue weighted by Gasteiger charge is -2.39. The molecule has 0 saturated heterocycles. The van der Waals surface area contributed by atoms with Gasteiger partial charge in [0.15, 0.2) is 5.82 Å². The standard InChI is InChI=1S/C57H38N4O/c1-5-17-37(18-6-1)49-35-51(60-55(58-49)39-21-9-3-10-22-39)41-29-31-44-43-25-13-14-26-45(43)57(48(44)33-41)46-27-15-16-28-53(46)62-54-34-42(30-32-47(54)57)52-36-50(38-19-7-2-8-20-38)59-56(61-52)40-23-11-4-12-24-40/h1-36,52H,(H,59,61). The van der Waals surface area contributed by atoms with Gasteiger partial charge in [-0.1, -0.05) is 188 Å². The molecule has 12 rings (SSSR count). The molecule has 2 atom stereocenters. The third-order valence-electron chi connectivity index (χ3n) is 12.4. The van der Waals surface area contributed by atoms with Crippen molar-refractivity contribution in [3.05, 3.63) is 257 Å². The van der Waals surface area contributed by atoms with E-state index in [1.165, 1.54) is 22.3 Å². The molecule has 0 radical (unpaired) electrons. The van der Waals surface area contributed by atoms with Crippen LogP contribution in [0, 0.1) is 0 Å². The van der Waals surface area contributed by atoms with Crippen molar-refractivity contribution in [1.29, 1.82) is 0 Å². The lowest BCUT2D eigenvalue weighted by atomic mass is 9.65. The lowest BCUT2D eigenvalue weighted by molar-refractivity contribution is 0.435. The summed E-state index contributed by atoms with van der Waals surface area (Å²) in [5.41, 5.74) is 15.3. The number of nitrogens with zero attached hydrogens (tertiary/aromatic N) is 3. The molecule has 1 aliphatic carbocycles. The SMILES string of the molecule is C1=C(c2ccccc2)NC(c2ccccc2)=NC1c1ccc2c(c1)Oc1ccccc1C21c2ccccc2-c2ccc(-c3cc(-c4ccccc4)nc(-c4ccccc4)n3)cc21. The van der Waals surface area contributed by atoms with Crippen molar-refractivity contribution >= 4 is 11.5 Å². The summed E-state index contributed by atoms with van der Waals surface area (Å²) >= 11 is 0. The highest BCUT2D eigenvalue weighted by Crippen LogP contribution is 2.62. The Labute approximate surface area is 360 Å². The van der Waals surface area contributed by atoms with Gasteiger partial charge in [0.25, 0.3) is 0 Å². The summed E-state index contributed by atoms with van der Waals surface area (Å²) < 4.78 is 6.99. The van der Waals surface area contributed by atoms with Gasteiger partial charge in [0, 0.05) is 39.1 Å². The van der Waals surface area contributed by atoms with Crippen LogP contribution in [0.25, 0.3) is 50.7 Å². The van der Waals surface area contributed by atoms with Crippen LogP contribution >= 0.6 is 0 Å². The zero-order chi connectivity index (χ0) is 41.0. The summed E-state index contributed by atoms with van der Waals surface area (Å²) in [5.74, 6) is 3.18. The molecule has 8 aromatic carbocycles. The number of aromatic nitrogens is 2. The number of ether oxygens (including phenoxy) is 1. The number of para-hydroxylation sites is 1. The van der Waals surface area contributed by atoms with E-state index in [1.54, 1.807) is 0 Å². The first kappa shape index (κ1) is 35.8. The van der Waals surface area contributed by atoms with E-state index in [-0.39, 0.29) is 6.04 Å². The second-order valence-corrected chi connectivity index (χ2v) is 16.0. The summed E-state index contributed by atoms with van der Waals surface area (Å²) in [6.07, 6.45) is 2.22. The van der Waals surface area contributed by atoms with Gasteiger partial charge in [-0.3, -0.25) is 4.99 Å². The quantitative estimate of drug-likeness (QED) is 0.182. The monoisotopic (exact) mass is 794 g/mol. The van der Waals surface area contributed by atoms with Gasteiger partial charge in [0.1, 0.15) is 17.3 Å². The van der Waals surface area contributed by atoms with E-state index < -0.39 is 5.41 Å². The molecule has 62 heavy (non-hydrogen) atoms. The highest BCUT2D eigenvalue weighted by molar-refractivity contribution is 6.05. The van der Waals surface area contributed by atoms with Gasteiger partial charge in [-0.05, 0) is 63.7 Å². The Bertz CT molecular complexity index is 3120. The van der Waals surface area contributed by atoms with Crippen molar-refractivity contribution in [1.82, 2.24) is 15.3 Å². The largest absolute Gasteiger partial charge is 0.457 e. The van der Waals surface area contributed by atoms with E-state index >= 15 is 0 Å².